The Labute approximate surface area is 234 Å². The van der Waals surface area contributed by atoms with Gasteiger partial charge in [0.15, 0.2) is 11.2 Å². The maximum absolute atomic E-state index is 13.7. The minimum Gasteiger partial charge on any atom is -0.356 e. The fourth-order valence-electron chi connectivity index (χ4n) is 5.58. The molecule has 3 rings (SSSR count). The lowest BCUT2D eigenvalue weighted by Gasteiger charge is -2.38. The van der Waals surface area contributed by atoms with Crippen molar-refractivity contribution in [2.24, 2.45) is 28.6 Å². The summed E-state index contributed by atoms with van der Waals surface area (Å²) >= 11 is 5.97. The number of carbonyl (C=O) groups excluding carboxylic acids is 6. The Morgan fingerprint density at radius 1 is 1.18 bits per heavy atom. The van der Waals surface area contributed by atoms with Crippen LogP contribution in [0.3, 0.4) is 0 Å². The molecule has 2 aliphatic heterocycles. The number of amides is 5. The summed E-state index contributed by atoms with van der Waals surface area (Å²) in [5.41, 5.74) is 0.896. The Bertz CT molecular complexity index is 1110. The topological polar surface area (TPSA) is 145 Å². The minimum atomic E-state index is -5.22. The van der Waals surface area contributed by atoms with Gasteiger partial charge in [0.2, 0.25) is 11.8 Å². The molecule has 0 aromatic heterocycles. The molecule has 3 aliphatic rings. The van der Waals surface area contributed by atoms with E-state index in [1.54, 1.807) is 5.32 Å². The summed E-state index contributed by atoms with van der Waals surface area (Å²) in [7, 11) is 0. The van der Waals surface area contributed by atoms with E-state index in [2.05, 4.69) is 10.7 Å². The van der Waals surface area contributed by atoms with Gasteiger partial charge in [0.1, 0.15) is 12.1 Å². The number of nitrogens with zero attached hydrogens (tertiary/aromatic N) is 2. The average Bonchev–Trinajstić information content (AvgIpc) is 3.18. The van der Waals surface area contributed by atoms with Crippen LogP contribution >= 0.6 is 11.6 Å². The monoisotopic (exact) mass is 593 g/mol. The zero-order valence-corrected chi connectivity index (χ0v) is 23.9. The molecule has 6 atom stereocenters. The summed E-state index contributed by atoms with van der Waals surface area (Å²) in [4.78, 5) is 77.2. The lowest BCUT2D eigenvalue weighted by atomic mass is 9.85. The molecule has 0 spiro atoms. The number of fused-ring (bicyclic) bond motifs is 1. The molecule has 2 saturated heterocycles. The standard InChI is InChI=1S/C25H35ClF3N5O6/c1-11(35)15(26)20(38)34(9-12-7-8-30-18(12)36)32-19(37)16-14-13(24(14,5)6)10-33(16)21(39)17(23(2,3)4)31-22(40)25(27,28)29/h12-17H,7-10H2,1-6H3,(H,30,36)(H,31,40)(H,32,37)/t12-,13-,14-,15?,16-,17?/m0/s1. The van der Waals surface area contributed by atoms with Crippen LogP contribution < -0.4 is 16.1 Å². The van der Waals surface area contributed by atoms with Gasteiger partial charge in [0, 0.05) is 13.1 Å². The average molecular weight is 594 g/mol. The van der Waals surface area contributed by atoms with Crippen molar-refractivity contribution in [2.45, 2.75) is 71.6 Å². The van der Waals surface area contributed by atoms with Crippen LogP contribution in [0.1, 0.15) is 48.0 Å². The number of nitrogens with one attached hydrogen (secondary N) is 3. The predicted molar refractivity (Wildman–Crippen MR) is 135 cm³/mol. The fraction of sp³-hybridized carbons (Fsp3) is 0.760. The van der Waals surface area contributed by atoms with Gasteiger partial charge in [-0.25, -0.2) is 0 Å². The van der Waals surface area contributed by atoms with Gasteiger partial charge in [0.05, 0.1) is 12.5 Å². The Balaban J connectivity index is 1.90. The van der Waals surface area contributed by atoms with Crippen LogP contribution in [0.25, 0.3) is 0 Å². The molecule has 1 aliphatic carbocycles. The van der Waals surface area contributed by atoms with Crippen LogP contribution in [-0.4, -0.2) is 88.5 Å². The number of hydrogen-bond acceptors (Lipinski definition) is 6. The second kappa shape index (κ2) is 10.8. The molecule has 224 valence electrons. The van der Waals surface area contributed by atoms with Gasteiger partial charge in [-0.05, 0) is 36.0 Å². The number of halogens is 4. The SMILES string of the molecule is CC(=O)C(Cl)C(=O)N(C[C@@H]1CCNC1=O)NC(=O)[C@@H]1[C@@H]2[C@H](CN1C(=O)C(NC(=O)C(F)(F)F)C(C)(C)C)C2(C)C. The Morgan fingerprint density at radius 2 is 1.77 bits per heavy atom. The summed E-state index contributed by atoms with van der Waals surface area (Å²) in [6, 6.07) is -2.80. The van der Waals surface area contributed by atoms with E-state index in [4.69, 9.17) is 11.6 Å². The third-order valence-electron chi connectivity index (χ3n) is 8.06. The molecule has 15 heteroatoms. The number of hydrazine groups is 1. The molecule has 2 unspecified atom stereocenters. The molecule has 0 bridgehead atoms. The van der Waals surface area contributed by atoms with E-state index >= 15 is 0 Å². The first-order valence-corrected chi connectivity index (χ1v) is 13.4. The number of ketones is 1. The molecule has 11 nitrogen and oxygen atoms in total. The van der Waals surface area contributed by atoms with Crippen LogP contribution in [0.15, 0.2) is 0 Å². The second-order valence-electron chi connectivity index (χ2n) is 12.3. The van der Waals surface area contributed by atoms with Gasteiger partial charge in [0.25, 0.3) is 11.8 Å². The maximum Gasteiger partial charge on any atom is 0.471 e. The summed E-state index contributed by atoms with van der Waals surface area (Å²) in [5, 5.41) is 3.55. The number of hydrogen-bond donors (Lipinski definition) is 3. The Hall–Kier alpha value is -2.90. The van der Waals surface area contributed by atoms with E-state index in [9.17, 15) is 41.9 Å². The molecular formula is C25H35ClF3N5O6. The Kier molecular flexibility index (Phi) is 8.56. The number of carbonyl (C=O) groups is 6. The van der Waals surface area contributed by atoms with Crippen molar-refractivity contribution >= 4 is 46.9 Å². The van der Waals surface area contributed by atoms with E-state index < -0.39 is 64.4 Å². The lowest BCUT2D eigenvalue weighted by Crippen LogP contribution is -2.62. The van der Waals surface area contributed by atoms with Gasteiger partial charge in [-0.3, -0.25) is 39.2 Å². The summed E-state index contributed by atoms with van der Waals surface area (Å²) < 4.78 is 39.1. The van der Waals surface area contributed by atoms with E-state index in [0.717, 1.165) is 16.8 Å². The van der Waals surface area contributed by atoms with Crippen molar-refractivity contribution in [3.63, 3.8) is 0 Å². The van der Waals surface area contributed by atoms with E-state index in [1.807, 2.05) is 13.8 Å². The fourth-order valence-corrected chi connectivity index (χ4v) is 5.70. The molecule has 0 aromatic rings. The molecule has 5 amide bonds. The van der Waals surface area contributed by atoms with E-state index in [0.29, 0.717) is 13.0 Å². The first-order valence-electron chi connectivity index (χ1n) is 12.9. The number of likely N-dealkylation sites (tertiary alicyclic amines) is 1. The highest BCUT2D eigenvalue weighted by atomic mass is 35.5. The Morgan fingerprint density at radius 3 is 2.25 bits per heavy atom. The number of piperidine rings is 1. The quantitative estimate of drug-likeness (QED) is 0.226. The van der Waals surface area contributed by atoms with E-state index in [1.165, 1.54) is 20.8 Å². The van der Waals surface area contributed by atoms with E-state index in [-0.39, 0.29) is 36.2 Å². The summed E-state index contributed by atoms with van der Waals surface area (Å²) in [6.07, 6.45) is -4.86. The van der Waals surface area contributed by atoms with Gasteiger partial charge in [-0.2, -0.15) is 13.2 Å². The van der Waals surface area contributed by atoms with Gasteiger partial charge >= 0.3 is 12.1 Å². The van der Waals surface area contributed by atoms with Crippen molar-refractivity contribution < 1.29 is 41.9 Å². The van der Waals surface area contributed by atoms with Crippen LogP contribution in [0.4, 0.5) is 13.2 Å². The molecular weight excluding hydrogens is 559 g/mol. The molecule has 3 N–H and O–H groups in total. The zero-order valence-electron chi connectivity index (χ0n) is 23.1. The van der Waals surface area contributed by atoms with Crippen molar-refractivity contribution in [1.82, 2.24) is 26.0 Å². The predicted octanol–water partition coefficient (Wildman–Crippen LogP) is 0.755. The molecule has 0 aromatic carbocycles. The first-order chi connectivity index (χ1) is 18.2. The molecule has 40 heavy (non-hydrogen) atoms. The lowest BCUT2D eigenvalue weighted by molar-refractivity contribution is -0.176. The molecule has 1 saturated carbocycles. The van der Waals surface area contributed by atoms with Gasteiger partial charge in [-0.1, -0.05) is 34.6 Å². The van der Waals surface area contributed by atoms with Crippen LogP contribution in [0.2, 0.25) is 0 Å². The number of Topliss-reactive ketones (excluding diaryl/α,β-unsaturated/α-hetero) is 1. The van der Waals surface area contributed by atoms with Gasteiger partial charge in [-0.15, -0.1) is 11.6 Å². The third kappa shape index (κ3) is 6.21. The maximum atomic E-state index is 13.7. The van der Waals surface area contributed by atoms with Crippen molar-refractivity contribution in [3.05, 3.63) is 0 Å². The number of rotatable bonds is 7. The van der Waals surface area contributed by atoms with Crippen molar-refractivity contribution in [1.29, 1.82) is 0 Å². The summed E-state index contributed by atoms with van der Waals surface area (Å²) in [6.45, 7) is 9.43. The third-order valence-corrected chi connectivity index (χ3v) is 8.55. The highest BCUT2D eigenvalue weighted by Crippen LogP contribution is 2.65. The highest BCUT2D eigenvalue weighted by molar-refractivity contribution is 6.41. The number of alkyl halides is 4. The normalized spacial score (nSPS) is 26.8. The first kappa shape index (κ1) is 31.6. The highest BCUT2D eigenvalue weighted by Gasteiger charge is 2.70. The minimum absolute atomic E-state index is 0.0492. The molecule has 0 radical (unpaired) electrons. The second-order valence-corrected chi connectivity index (χ2v) is 12.8. The zero-order chi connectivity index (χ0) is 30.5. The smallest absolute Gasteiger partial charge is 0.356 e. The largest absolute Gasteiger partial charge is 0.471 e. The van der Waals surface area contributed by atoms with Crippen molar-refractivity contribution in [2.75, 3.05) is 19.6 Å². The van der Waals surface area contributed by atoms with Crippen LogP contribution in [0.5, 0.6) is 0 Å². The van der Waals surface area contributed by atoms with Crippen LogP contribution in [0, 0.1) is 28.6 Å². The van der Waals surface area contributed by atoms with Crippen molar-refractivity contribution in [3.8, 4) is 0 Å². The summed E-state index contributed by atoms with van der Waals surface area (Å²) in [5.74, 6) is -7.21. The molecule has 3 fully saturated rings. The van der Waals surface area contributed by atoms with Crippen LogP contribution in [-0.2, 0) is 28.8 Å². The molecule has 2 heterocycles. The van der Waals surface area contributed by atoms with Gasteiger partial charge < -0.3 is 15.5 Å².